The minimum Gasteiger partial charge on any atom is -0.466 e. The lowest BCUT2D eigenvalue weighted by Crippen LogP contribution is -2.23. The number of hydrogen-bond donors (Lipinski definition) is 1. The average molecular weight is 222 g/mol. The third-order valence-corrected chi connectivity index (χ3v) is 1.51. The van der Waals surface area contributed by atoms with E-state index in [1.54, 1.807) is 0 Å². The Hall–Kier alpha value is -0.350. The van der Waals surface area contributed by atoms with Crippen LogP contribution >= 0.6 is 17.0 Å². The minimum atomic E-state index is -0.193. The molecule has 4 heteroatoms. The quantitative estimate of drug-likeness (QED) is 0.662. The Labute approximate surface area is 76.6 Å². The van der Waals surface area contributed by atoms with Crippen LogP contribution in [0.15, 0.2) is 11.6 Å². The maximum absolute atomic E-state index is 10.8. The van der Waals surface area contributed by atoms with E-state index in [1.807, 2.05) is 6.08 Å². The van der Waals surface area contributed by atoms with E-state index < -0.39 is 0 Å². The molecule has 1 aliphatic rings. The smallest absolute Gasteiger partial charge is 0.333 e. The normalized spacial score (nSPS) is 16.3. The lowest BCUT2D eigenvalue weighted by atomic mass is 10.1. The highest BCUT2D eigenvalue weighted by molar-refractivity contribution is 8.93. The van der Waals surface area contributed by atoms with Gasteiger partial charge in [-0.1, -0.05) is 6.08 Å². The van der Waals surface area contributed by atoms with Crippen molar-refractivity contribution in [2.24, 2.45) is 0 Å². The Bertz CT molecular complexity index is 168. The lowest BCUT2D eigenvalue weighted by Gasteiger charge is -2.10. The van der Waals surface area contributed by atoms with E-state index in [4.69, 9.17) is 0 Å². The molecule has 64 valence electrons. The van der Waals surface area contributed by atoms with Gasteiger partial charge in [0.15, 0.2) is 0 Å². The second kappa shape index (κ2) is 5.32. The minimum absolute atomic E-state index is 0. The molecule has 0 aromatic heterocycles. The molecule has 0 radical (unpaired) electrons. The average Bonchev–Trinajstić information content (AvgIpc) is 2.05. The molecule has 0 bridgehead atoms. The highest BCUT2D eigenvalue weighted by Crippen LogP contribution is 2.04. The predicted molar refractivity (Wildman–Crippen MR) is 47.9 cm³/mol. The first-order valence-electron chi connectivity index (χ1n) is 3.32. The molecule has 0 aromatic carbocycles. The molecule has 0 saturated heterocycles. The molecular weight excluding hydrogens is 210 g/mol. The predicted octanol–water partition coefficient (Wildman–Crippen LogP) is 0.657. The zero-order valence-electron chi connectivity index (χ0n) is 6.42. The highest BCUT2D eigenvalue weighted by Gasteiger charge is 2.10. The van der Waals surface area contributed by atoms with Gasteiger partial charge in [-0.15, -0.1) is 17.0 Å². The van der Waals surface area contributed by atoms with Crippen LogP contribution in [0, 0.1) is 0 Å². The first-order valence-corrected chi connectivity index (χ1v) is 3.32. The van der Waals surface area contributed by atoms with Crippen LogP contribution < -0.4 is 5.32 Å². The number of esters is 1. The van der Waals surface area contributed by atoms with Crippen LogP contribution in [0.5, 0.6) is 0 Å². The number of halogens is 1. The maximum atomic E-state index is 10.8. The van der Waals surface area contributed by atoms with Crippen LogP contribution in [0.4, 0.5) is 0 Å². The van der Waals surface area contributed by atoms with E-state index in [0.717, 1.165) is 25.1 Å². The van der Waals surface area contributed by atoms with E-state index in [2.05, 4.69) is 10.1 Å². The first-order chi connectivity index (χ1) is 4.84. The Morgan fingerprint density at radius 2 is 2.45 bits per heavy atom. The van der Waals surface area contributed by atoms with Crippen molar-refractivity contribution < 1.29 is 9.53 Å². The zero-order valence-corrected chi connectivity index (χ0v) is 8.14. The number of nitrogens with one attached hydrogen (secondary N) is 1. The number of carbonyl (C=O) groups is 1. The van der Waals surface area contributed by atoms with Gasteiger partial charge in [0, 0.05) is 12.1 Å². The molecule has 0 fully saturated rings. The standard InChI is InChI=1S/C7H11NO2.BrH/c1-10-7(9)6-2-4-8-5-3-6;/h2,8H,3-5H2,1H3;1H. The molecule has 0 amide bonds. The third-order valence-electron chi connectivity index (χ3n) is 1.51. The molecule has 0 aromatic rings. The summed E-state index contributed by atoms with van der Waals surface area (Å²) in [6.45, 7) is 1.66. The van der Waals surface area contributed by atoms with Gasteiger partial charge in [0.2, 0.25) is 0 Å². The molecule has 3 nitrogen and oxygen atoms in total. The van der Waals surface area contributed by atoms with Crippen molar-refractivity contribution in [2.75, 3.05) is 20.2 Å². The second-order valence-corrected chi connectivity index (χ2v) is 2.18. The van der Waals surface area contributed by atoms with Gasteiger partial charge in [0.25, 0.3) is 0 Å². The Morgan fingerprint density at radius 3 is 2.91 bits per heavy atom. The van der Waals surface area contributed by atoms with Crippen LogP contribution in [-0.2, 0) is 9.53 Å². The van der Waals surface area contributed by atoms with Crippen molar-refractivity contribution in [3.63, 3.8) is 0 Å². The summed E-state index contributed by atoms with van der Waals surface area (Å²) in [7, 11) is 1.41. The van der Waals surface area contributed by atoms with Crippen molar-refractivity contribution in [2.45, 2.75) is 6.42 Å². The molecule has 0 aliphatic carbocycles. The highest BCUT2D eigenvalue weighted by atomic mass is 79.9. The van der Waals surface area contributed by atoms with Crippen LogP contribution in [0.3, 0.4) is 0 Å². The molecule has 1 heterocycles. The van der Waals surface area contributed by atoms with E-state index in [1.165, 1.54) is 7.11 Å². The van der Waals surface area contributed by atoms with Gasteiger partial charge in [0.1, 0.15) is 0 Å². The van der Waals surface area contributed by atoms with Gasteiger partial charge >= 0.3 is 5.97 Å². The summed E-state index contributed by atoms with van der Waals surface area (Å²) in [5, 5.41) is 3.11. The lowest BCUT2D eigenvalue weighted by molar-refractivity contribution is -0.136. The number of carbonyl (C=O) groups excluding carboxylic acids is 1. The fourth-order valence-corrected chi connectivity index (χ4v) is 0.939. The zero-order chi connectivity index (χ0) is 7.40. The Kier molecular flexibility index (Phi) is 5.15. The largest absolute Gasteiger partial charge is 0.466 e. The Balaban J connectivity index is 0.000001000. The third kappa shape index (κ3) is 3.03. The van der Waals surface area contributed by atoms with Crippen molar-refractivity contribution >= 4 is 23.0 Å². The number of rotatable bonds is 1. The van der Waals surface area contributed by atoms with Crippen LogP contribution in [-0.4, -0.2) is 26.2 Å². The monoisotopic (exact) mass is 221 g/mol. The Morgan fingerprint density at radius 1 is 1.73 bits per heavy atom. The van der Waals surface area contributed by atoms with Gasteiger partial charge in [0.05, 0.1) is 7.11 Å². The molecular formula is C7H12BrNO2. The van der Waals surface area contributed by atoms with Gasteiger partial charge in [-0.25, -0.2) is 4.79 Å². The second-order valence-electron chi connectivity index (χ2n) is 2.18. The number of ether oxygens (including phenoxy) is 1. The molecule has 1 aliphatic heterocycles. The topological polar surface area (TPSA) is 38.3 Å². The van der Waals surface area contributed by atoms with Crippen LogP contribution in [0.1, 0.15) is 6.42 Å². The summed E-state index contributed by atoms with van der Waals surface area (Å²) in [6.07, 6.45) is 2.65. The summed E-state index contributed by atoms with van der Waals surface area (Å²) >= 11 is 0. The maximum Gasteiger partial charge on any atom is 0.333 e. The van der Waals surface area contributed by atoms with E-state index in [-0.39, 0.29) is 23.0 Å². The molecule has 1 N–H and O–H groups in total. The number of hydrogen-bond acceptors (Lipinski definition) is 3. The van der Waals surface area contributed by atoms with Crippen molar-refractivity contribution in [3.8, 4) is 0 Å². The van der Waals surface area contributed by atoms with Crippen molar-refractivity contribution in [3.05, 3.63) is 11.6 Å². The van der Waals surface area contributed by atoms with E-state index in [0.29, 0.717) is 0 Å². The van der Waals surface area contributed by atoms with Gasteiger partial charge in [-0.05, 0) is 13.0 Å². The SMILES string of the molecule is Br.COC(=O)C1=CCNCC1. The van der Waals surface area contributed by atoms with Crippen LogP contribution in [0.2, 0.25) is 0 Å². The molecule has 0 spiro atoms. The molecule has 0 unspecified atom stereocenters. The fourth-order valence-electron chi connectivity index (χ4n) is 0.939. The van der Waals surface area contributed by atoms with Crippen molar-refractivity contribution in [1.29, 1.82) is 0 Å². The van der Waals surface area contributed by atoms with Crippen LogP contribution in [0.25, 0.3) is 0 Å². The van der Waals surface area contributed by atoms with Gasteiger partial charge in [-0.2, -0.15) is 0 Å². The number of methoxy groups -OCH3 is 1. The summed E-state index contributed by atoms with van der Waals surface area (Å²) < 4.78 is 4.55. The fraction of sp³-hybridized carbons (Fsp3) is 0.571. The summed E-state index contributed by atoms with van der Waals surface area (Å²) in [4.78, 5) is 10.8. The summed E-state index contributed by atoms with van der Waals surface area (Å²) in [6, 6.07) is 0. The molecule has 11 heavy (non-hydrogen) atoms. The summed E-state index contributed by atoms with van der Waals surface area (Å²) in [5.74, 6) is -0.193. The van der Waals surface area contributed by atoms with E-state index in [9.17, 15) is 4.79 Å². The molecule has 0 atom stereocenters. The first kappa shape index (κ1) is 10.7. The van der Waals surface area contributed by atoms with Gasteiger partial charge < -0.3 is 10.1 Å². The molecule has 1 rings (SSSR count). The summed E-state index contributed by atoms with van der Waals surface area (Å²) in [5.41, 5.74) is 0.793. The van der Waals surface area contributed by atoms with Crippen molar-refractivity contribution in [1.82, 2.24) is 5.32 Å². The van der Waals surface area contributed by atoms with Gasteiger partial charge in [-0.3, -0.25) is 0 Å². The molecule has 0 saturated carbocycles. The van der Waals surface area contributed by atoms with E-state index >= 15 is 0 Å².